The summed E-state index contributed by atoms with van der Waals surface area (Å²) in [5.74, 6) is 0.470. The second-order valence-electron chi connectivity index (χ2n) is 6.51. The van der Waals surface area contributed by atoms with Gasteiger partial charge in [0.2, 0.25) is 0 Å². The number of imidazole rings is 1. The maximum Gasteiger partial charge on any atom is 0.275 e. The second kappa shape index (κ2) is 7.33. The van der Waals surface area contributed by atoms with Crippen LogP contribution in [-0.2, 0) is 0 Å². The zero-order chi connectivity index (χ0) is 19.6. The summed E-state index contributed by atoms with van der Waals surface area (Å²) < 4.78 is 0. The maximum absolute atomic E-state index is 12.8. The minimum atomic E-state index is -0.244. The highest BCUT2D eigenvalue weighted by atomic mass is 32.1. The smallest absolute Gasteiger partial charge is 0.275 e. The van der Waals surface area contributed by atoms with Gasteiger partial charge in [0.1, 0.15) is 16.5 Å². The molecule has 2 aromatic heterocycles. The number of rotatable bonds is 4. The van der Waals surface area contributed by atoms with Crippen molar-refractivity contribution in [3.8, 4) is 22.0 Å². The van der Waals surface area contributed by atoms with Crippen LogP contribution in [0, 0.1) is 0 Å². The van der Waals surface area contributed by atoms with Crippen LogP contribution >= 0.6 is 11.3 Å². The average Bonchev–Trinajstić information content (AvgIpc) is 3.42. The predicted octanol–water partition coefficient (Wildman–Crippen LogP) is 5.61. The van der Waals surface area contributed by atoms with E-state index in [1.165, 1.54) is 11.3 Å². The van der Waals surface area contributed by atoms with Crippen LogP contribution in [-0.4, -0.2) is 20.9 Å². The monoisotopic (exact) mass is 396 g/mol. The Morgan fingerprint density at radius 2 is 1.62 bits per heavy atom. The van der Waals surface area contributed by atoms with Gasteiger partial charge in [0, 0.05) is 16.5 Å². The number of para-hydroxylation sites is 3. The van der Waals surface area contributed by atoms with Crippen molar-refractivity contribution in [2.24, 2.45) is 0 Å². The van der Waals surface area contributed by atoms with E-state index in [0.29, 0.717) is 17.2 Å². The van der Waals surface area contributed by atoms with Crippen LogP contribution in [0.5, 0.6) is 0 Å². The van der Waals surface area contributed by atoms with Crippen LogP contribution in [0.1, 0.15) is 10.5 Å². The fourth-order valence-corrected chi connectivity index (χ4v) is 3.96. The number of H-pyrrole nitrogens is 1. The van der Waals surface area contributed by atoms with Gasteiger partial charge in [0.15, 0.2) is 0 Å². The molecule has 3 aromatic carbocycles. The van der Waals surface area contributed by atoms with Gasteiger partial charge in [-0.3, -0.25) is 4.79 Å². The Hall–Kier alpha value is -3.77. The van der Waals surface area contributed by atoms with Gasteiger partial charge >= 0.3 is 0 Å². The third-order valence-corrected chi connectivity index (χ3v) is 5.47. The van der Waals surface area contributed by atoms with Gasteiger partial charge in [0.25, 0.3) is 5.91 Å². The molecule has 5 rings (SSSR count). The van der Waals surface area contributed by atoms with E-state index in [1.54, 1.807) is 5.38 Å². The minimum absolute atomic E-state index is 0.244. The highest BCUT2D eigenvalue weighted by molar-refractivity contribution is 7.13. The van der Waals surface area contributed by atoms with Gasteiger partial charge < -0.3 is 10.3 Å². The molecule has 140 valence electrons. The van der Waals surface area contributed by atoms with Crippen LogP contribution in [0.2, 0.25) is 0 Å². The molecule has 0 aliphatic heterocycles. The lowest BCUT2D eigenvalue weighted by molar-refractivity contribution is 0.102. The van der Waals surface area contributed by atoms with E-state index >= 15 is 0 Å². The molecule has 29 heavy (non-hydrogen) atoms. The maximum atomic E-state index is 12.8. The first-order chi connectivity index (χ1) is 14.3. The van der Waals surface area contributed by atoms with E-state index in [-0.39, 0.29) is 5.91 Å². The molecule has 0 bridgehead atoms. The zero-order valence-electron chi connectivity index (χ0n) is 15.3. The molecule has 2 N–H and O–H groups in total. The molecular weight excluding hydrogens is 380 g/mol. The number of anilines is 1. The van der Waals surface area contributed by atoms with E-state index in [2.05, 4.69) is 20.3 Å². The molecule has 2 heterocycles. The molecule has 0 saturated heterocycles. The number of nitrogens with zero attached hydrogens (tertiary/aromatic N) is 2. The number of carbonyl (C=O) groups excluding carboxylic acids is 1. The van der Waals surface area contributed by atoms with E-state index in [1.807, 2.05) is 78.9 Å². The number of benzene rings is 3. The average molecular weight is 396 g/mol. The molecule has 0 saturated carbocycles. The van der Waals surface area contributed by atoms with E-state index in [4.69, 9.17) is 0 Å². The summed E-state index contributed by atoms with van der Waals surface area (Å²) in [5, 5.41) is 5.58. The molecule has 0 fully saturated rings. The summed E-state index contributed by atoms with van der Waals surface area (Å²) in [5.41, 5.74) is 4.75. The topological polar surface area (TPSA) is 70.7 Å². The molecule has 5 nitrogen and oxygen atoms in total. The molecule has 0 radical (unpaired) electrons. The predicted molar refractivity (Wildman–Crippen MR) is 117 cm³/mol. The summed E-state index contributed by atoms with van der Waals surface area (Å²) in [6.07, 6.45) is 0. The molecule has 0 aliphatic carbocycles. The number of hydrogen-bond acceptors (Lipinski definition) is 4. The third kappa shape index (κ3) is 3.41. The van der Waals surface area contributed by atoms with Crippen molar-refractivity contribution in [3.63, 3.8) is 0 Å². The van der Waals surface area contributed by atoms with E-state index < -0.39 is 0 Å². The molecule has 0 aliphatic rings. The van der Waals surface area contributed by atoms with E-state index in [9.17, 15) is 4.79 Å². The van der Waals surface area contributed by atoms with Crippen LogP contribution in [0.15, 0.2) is 84.2 Å². The first kappa shape index (κ1) is 17.3. The first-order valence-electron chi connectivity index (χ1n) is 9.14. The molecule has 1 amide bonds. The van der Waals surface area contributed by atoms with Crippen molar-refractivity contribution in [1.82, 2.24) is 15.0 Å². The Kier molecular flexibility index (Phi) is 4.38. The minimum Gasteiger partial charge on any atom is -0.338 e. The van der Waals surface area contributed by atoms with Crippen LogP contribution in [0.3, 0.4) is 0 Å². The summed E-state index contributed by atoms with van der Waals surface area (Å²) in [4.78, 5) is 25.3. The fraction of sp³-hybridized carbons (Fsp3) is 0. The van der Waals surface area contributed by atoms with Crippen molar-refractivity contribution in [3.05, 3.63) is 89.9 Å². The Morgan fingerprint density at radius 1 is 0.862 bits per heavy atom. The molecule has 5 aromatic rings. The van der Waals surface area contributed by atoms with Crippen molar-refractivity contribution >= 4 is 34.0 Å². The highest BCUT2D eigenvalue weighted by Crippen LogP contribution is 2.29. The largest absolute Gasteiger partial charge is 0.338 e. The lowest BCUT2D eigenvalue weighted by Crippen LogP contribution is -2.13. The van der Waals surface area contributed by atoms with Crippen LogP contribution in [0.25, 0.3) is 33.0 Å². The van der Waals surface area contributed by atoms with Gasteiger partial charge in [-0.2, -0.15) is 0 Å². The Morgan fingerprint density at radius 3 is 2.48 bits per heavy atom. The van der Waals surface area contributed by atoms with Crippen molar-refractivity contribution < 1.29 is 4.79 Å². The van der Waals surface area contributed by atoms with Gasteiger partial charge in [-0.25, -0.2) is 9.97 Å². The summed E-state index contributed by atoms with van der Waals surface area (Å²) in [6, 6.07) is 25.3. The number of nitrogens with one attached hydrogen (secondary N) is 2. The summed E-state index contributed by atoms with van der Waals surface area (Å²) in [6.45, 7) is 0. The van der Waals surface area contributed by atoms with Crippen molar-refractivity contribution in [2.75, 3.05) is 5.32 Å². The van der Waals surface area contributed by atoms with Crippen molar-refractivity contribution in [1.29, 1.82) is 0 Å². The Balaban J connectivity index is 1.44. The van der Waals surface area contributed by atoms with Gasteiger partial charge in [-0.1, -0.05) is 54.6 Å². The normalized spacial score (nSPS) is 10.9. The standard InChI is InChI=1S/C23H16N4OS/c28-22(20-14-29-23(27-20)15-8-2-1-3-9-15)26-17-11-5-4-10-16(17)21-24-18-12-6-7-13-19(18)25-21/h1-14H,(H,24,25)(H,26,28). The fourth-order valence-electron chi connectivity index (χ4n) is 3.16. The molecule has 0 unspecified atom stereocenters. The lowest BCUT2D eigenvalue weighted by Gasteiger charge is -2.08. The lowest BCUT2D eigenvalue weighted by atomic mass is 10.1. The summed E-state index contributed by atoms with van der Waals surface area (Å²) in [7, 11) is 0. The quantitative estimate of drug-likeness (QED) is 0.415. The number of thiazole rings is 1. The van der Waals surface area contributed by atoms with Crippen molar-refractivity contribution in [2.45, 2.75) is 0 Å². The third-order valence-electron chi connectivity index (χ3n) is 4.58. The summed E-state index contributed by atoms with van der Waals surface area (Å²) >= 11 is 1.45. The van der Waals surface area contributed by atoms with E-state index in [0.717, 1.165) is 27.2 Å². The first-order valence-corrected chi connectivity index (χ1v) is 10.0. The van der Waals surface area contributed by atoms with Gasteiger partial charge in [0.05, 0.1) is 16.7 Å². The highest BCUT2D eigenvalue weighted by Gasteiger charge is 2.15. The Bertz CT molecular complexity index is 1270. The number of hydrogen-bond donors (Lipinski definition) is 2. The molecule has 6 heteroatoms. The number of fused-ring (bicyclic) bond motifs is 1. The number of amides is 1. The molecular formula is C23H16N4OS. The number of aromatic amines is 1. The zero-order valence-corrected chi connectivity index (χ0v) is 16.1. The second-order valence-corrected chi connectivity index (χ2v) is 7.36. The molecule has 0 spiro atoms. The molecule has 0 atom stereocenters. The Labute approximate surface area is 171 Å². The number of carbonyl (C=O) groups is 1. The van der Waals surface area contributed by atoms with Gasteiger partial charge in [-0.05, 0) is 24.3 Å². The van der Waals surface area contributed by atoms with Gasteiger partial charge in [-0.15, -0.1) is 11.3 Å². The SMILES string of the molecule is O=C(Nc1ccccc1-c1nc2ccccc2[nH]1)c1csc(-c2ccccc2)n1. The number of aromatic nitrogens is 3. The van der Waals surface area contributed by atoms with Crippen LogP contribution in [0.4, 0.5) is 5.69 Å². The van der Waals surface area contributed by atoms with Crippen LogP contribution < -0.4 is 5.32 Å².